The zero-order chi connectivity index (χ0) is 18.8. The highest BCUT2D eigenvalue weighted by Gasteiger charge is 2.31. The average molecular weight is 355 g/mol. The van der Waals surface area contributed by atoms with E-state index in [1.54, 1.807) is 0 Å². The second-order valence-corrected chi connectivity index (χ2v) is 6.22. The topological polar surface area (TPSA) is 61.6 Å². The fraction of sp³-hybridized carbons (Fsp3) is 0.294. The third kappa shape index (κ3) is 5.37. The first-order chi connectivity index (χ1) is 11.4. The lowest BCUT2D eigenvalue weighted by molar-refractivity contribution is -0.384. The lowest BCUT2D eigenvalue weighted by Gasteiger charge is -2.23. The number of hydrogen-bond acceptors (Lipinski definition) is 4. The Morgan fingerprint density at radius 2 is 1.56 bits per heavy atom. The van der Waals surface area contributed by atoms with Crippen LogP contribution in [0, 0.1) is 10.1 Å². The smallest absolute Gasteiger partial charge is 0.488 e. The van der Waals surface area contributed by atoms with Crippen molar-refractivity contribution in [1.82, 2.24) is 0 Å². The number of non-ortho nitro benzene ring substituents is 1. The van der Waals surface area contributed by atoms with E-state index in [9.17, 15) is 23.3 Å². The molecule has 5 nitrogen and oxygen atoms in total. The molecule has 2 rings (SSSR count). The van der Waals surface area contributed by atoms with Crippen molar-refractivity contribution in [3.05, 3.63) is 52.6 Å². The molecular formula is C17H16F3NO4. The monoisotopic (exact) mass is 355 g/mol. The molecule has 0 bridgehead atoms. The van der Waals surface area contributed by atoms with Crippen LogP contribution in [-0.4, -0.2) is 16.9 Å². The highest BCUT2D eigenvalue weighted by molar-refractivity contribution is 5.73. The van der Waals surface area contributed by atoms with Crippen LogP contribution in [0.1, 0.15) is 20.8 Å². The molecule has 2 aromatic rings. The summed E-state index contributed by atoms with van der Waals surface area (Å²) in [6.45, 7) is 5.45. The molecule has 25 heavy (non-hydrogen) atoms. The van der Waals surface area contributed by atoms with Gasteiger partial charge in [0, 0.05) is 17.7 Å². The van der Waals surface area contributed by atoms with Gasteiger partial charge in [-0.05, 0) is 44.5 Å². The summed E-state index contributed by atoms with van der Waals surface area (Å²) >= 11 is 0. The number of hydrogen-bond donors (Lipinski definition) is 0. The highest BCUT2D eigenvalue weighted by Crippen LogP contribution is 2.36. The lowest BCUT2D eigenvalue weighted by atomic mass is 10.0. The zero-order valence-electron chi connectivity index (χ0n) is 13.8. The largest absolute Gasteiger partial charge is 0.573 e. The van der Waals surface area contributed by atoms with Crippen molar-refractivity contribution < 1.29 is 27.6 Å². The molecule has 0 fully saturated rings. The standard InChI is InChI=1S/C17H16F3NO4/c1-16(2,3)25-15-9-6-12(21(22)23)10-14(15)11-4-7-13(8-5-11)24-17(18,19)20/h4-10H,1-3H3. The molecule has 0 saturated carbocycles. The quantitative estimate of drug-likeness (QED) is 0.549. The molecule has 0 radical (unpaired) electrons. The van der Waals surface area contributed by atoms with Gasteiger partial charge in [-0.25, -0.2) is 0 Å². The van der Waals surface area contributed by atoms with Crippen molar-refractivity contribution >= 4 is 5.69 Å². The molecule has 0 aliphatic heterocycles. The number of nitro benzene ring substituents is 1. The molecule has 0 atom stereocenters. The van der Waals surface area contributed by atoms with Crippen molar-refractivity contribution in [1.29, 1.82) is 0 Å². The number of halogens is 3. The maximum atomic E-state index is 12.2. The Bertz CT molecular complexity index is 765. The van der Waals surface area contributed by atoms with Crippen LogP contribution in [0.3, 0.4) is 0 Å². The molecule has 0 aliphatic carbocycles. The third-order valence-electron chi connectivity index (χ3n) is 2.99. The fourth-order valence-electron chi connectivity index (χ4n) is 2.11. The van der Waals surface area contributed by atoms with Gasteiger partial charge in [-0.1, -0.05) is 12.1 Å². The van der Waals surface area contributed by atoms with Gasteiger partial charge in [0.05, 0.1) is 4.92 Å². The van der Waals surface area contributed by atoms with Crippen LogP contribution in [0.4, 0.5) is 18.9 Å². The predicted molar refractivity (Wildman–Crippen MR) is 85.6 cm³/mol. The predicted octanol–water partition coefficient (Wildman–Crippen LogP) is 5.34. The maximum absolute atomic E-state index is 12.2. The van der Waals surface area contributed by atoms with Gasteiger partial charge in [-0.3, -0.25) is 10.1 Å². The first kappa shape index (κ1) is 18.6. The number of rotatable bonds is 4. The lowest BCUT2D eigenvalue weighted by Crippen LogP contribution is -2.23. The number of nitrogens with zero attached hydrogens (tertiary/aromatic N) is 1. The third-order valence-corrected chi connectivity index (χ3v) is 2.99. The molecule has 0 amide bonds. The molecule has 0 saturated heterocycles. The van der Waals surface area contributed by atoms with Crippen molar-refractivity contribution in [3.8, 4) is 22.6 Å². The van der Waals surface area contributed by atoms with E-state index in [1.165, 1.54) is 30.3 Å². The van der Waals surface area contributed by atoms with Gasteiger partial charge >= 0.3 is 6.36 Å². The summed E-state index contributed by atoms with van der Waals surface area (Å²) in [6, 6.07) is 9.15. The second kappa shape index (κ2) is 6.62. The normalized spacial score (nSPS) is 11.9. The van der Waals surface area contributed by atoms with Crippen LogP contribution in [-0.2, 0) is 0 Å². The first-order valence-corrected chi connectivity index (χ1v) is 7.28. The Morgan fingerprint density at radius 3 is 2.04 bits per heavy atom. The molecule has 0 unspecified atom stereocenters. The summed E-state index contributed by atoms with van der Waals surface area (Å²) in [5, 5.41) is 11.0. The SMILES string of the molecule is CC(C)(C)Oc1ccc([N+](=O)[O-])cc1-c1ccc(OC(F)(F)F)cc1. The molecular weight excluding hydrogens is 339 g/mol. The van der Waals surface area contributed by atoms with E-state index in [1.807, 2.05) is 20.8 Å². The molecule has 0 spiro atoms. The van der Waals surface area contributed by atoms with E-state index >= 15 is 0 Å². The Balaban J connectivity index is 2.44. The Morgan fingerprint density at radius 1 is 0.960 bits per heavy atom. The summed E-state index contributed by atoms with van der Waals surface area (Å²) in [5.41, 5.74) is 0.177. The van der Waals surface area contributed by atoms with Crippen LogP contribution >= 0.6 is 0 Å². The first-order valence-electron chi connectivity index (χ1n) is 7.28. The van der Waals surface area contributed by atoms with Gasteiger partial charge in [-0.2, -0.15) is 0 Å². The van der Waals surface area contributed by atoms with Gasteiger partial charge in [-0.15, -0.1) is 13.2 Å². The van der Waals surface area contributed by atoms with Gasteiger partial charge < -0.3 is 9.47 Å². The summed E-state index contributed by atoms with van der Waals surface area (Å²) in [4.78, 5) is 10.5. The Kier molecular flexibility index (Phi) is 4.92. The summed E-state index contributed by atoms with van der Waals surface area (Å²) < 4.78 is 46.3. The van der Waals surface area contributed by atoms with Crippen LogP contribution in [0.5, 0.6) is 11.5 Å². The molecule has 2 aromatic carbocycles. The Hall–Kier alpha value is -2.77. The molecule has 134 valence electrons. The molecule has 0 heterocycles. The van der Waals surface area contributed by atoms with Crippen LogP contribution in [0.2, 0.25) is 0 Å². The minimum absolute atomic E-state index is 0.146. The maximum Gasteiger partial charge on any atom is 0.573 e. The van der Waals surface area contributed by atoms with Gasteiger partial charge in [0.25, 0.3) is 5.69 Å². The molecule has 0 aliphatic rings. The van der Waals surface area contributed by atoms with Gasteiger partial charge in [0.2, 0.25) is 0 Å². The Labute approximate surface area is 142 Å². The van der Waals surface area contributed by atoms with Crippen LogP contribution in [0.15, 0.2) is 42.5 Å². The number of benzene rings is 2. The number of ether oxygens (including phenoxy) is 2. The van der Waals surface area contributed by atoms with Crippen molar-refractivity contribution in [2.24, 2.45) is 0 Å². The number of alkyl halides is 3. The highest BCUT2D eigenvalue weighted by atomic mass is 19.4. The van der Waals surface area contributed by atoms with Gasteiger partial charge in [0.15, 0.2) is 0 Å². The summed E-state index contributed by atoms with van der Waals surface area (Å²) in [7, 11) is 0. The number of nitro groups is 1. The minimum atomic E-state index is -4.78. The van der Waals surface area contributed by atoms with Crippen LogP contribution in [0.25, 0.3) is 11.1 Å². The van der Waals surface area contributed by atoms with Crippen molar-refractivity contribution in [3.63, 3.8) is 0 Å². The second-order valence-electron chi connectivity index (χ2n) is 6.22. The summed E-state index contributed by atoms with van der Waals surface area (Å²) in [5.74, 6) is 0.0163. The van der Waals surface area contributed by atoms with Crippen molar-refractivity contribution in [2.45, 2.75) is 32.7 Å². The van der Waals surface area contributed by atoms with Gasteiger partial charge in [0.1, 0.15) is 17.1 Å². The van der Waals surface area contributed by atoms with E-state index in [0.29, 0.717) is 16.9 Å². The van der Waals surface area contributed by atoms with E-state index in [2.05, 4.69) is 4.74 Å². The zero-order valence-corrected chi connectivity index (χ0v) is 13.8. The minimum Gasteiger partial charge on any atom is -0.488 e. The van der Waals surface area contributed by atoms with E-state index in [4.69, 9.17) is 4.74 Å². The van der Waals surface area contributed by atoms with E-state index in [0.717, 1.165) is 12.1 Å². The molecule has 0 aromatic heterocycles. The fourth-order valence-corrected chi connectivity index (χ4v) is 2.11. The van der Waals surface area contributed by atoms with Crippen LogP contribution < -0.4 is 9.47 Å². The van der Waals surface area contributed by atoms with Crippen molar-refractivity contribution in [2.75, 3.05) is 0 Å². The average Bonchev–Trinajstić information content (AvgIpc) is 2.45. The molecule has 8 heteroatoms. The molecule has 0 N–H and O–H groups in total. The summed E-state index contributed by atoms with van der Waals surface area (Å²) in [6.07, 6.45) is -4.78. The van der Waals surface area contributed by atoms with E-state index in [-0.39, 0.29) is 11.4 Å². The van der Waals surface area contributed by atoms with E-state index < -0.39 is 16.9 Å².